The van der Waals surface area contributed by atoms with E-state index in [1.165, 1.54) is 16.8 Å². The molecule has 0 saturated carbocycles. The molecule has 8 nitrogen and oxygen atoms in total. The molecular formula is C21H22N4O4S2. The summed E-state index contributed by atoms with van der Waals surface area (Å²) in [5.41, 5.74) is 1.68. The molecule has 1 aliphatic rings. The molecule has 3 heterocycles. The predicted octanol–water partition coefficient (Wildman–Crippen LogP) is 2.60. The molecule has 2 atom stereocenters. The van der Waals surface area contributed by atoms with Gasteiger partial charge in [-0.05, 0) is 30.1 Å². The van der Waals surface area contributed by atoms with Crippen molar-refractivity contribution in [2.75, 3.05) is 30.4 Å². The molecule has 1 saturated heterocycles. The second-order valence-corrected chi connectivity index (χ2v) is 10.8. The minimum atomic E-state index is -3.64. The minimum Gasteiger partial charge on any atom is -0.350 e. The maximum absolute atomic E-state index is 13.8. The normalized spacial score (nSPS) is 19.0. The third-order valence-corrected chi connectivity index (χ3v) is 7.99. The number of pyridine rings is 1. The molecule has 1 N–H and O–H groups in total. The highest BCUT2D eigenvalue weighted by Crippen LogP contribution is 2.41. The number of H-pyrrole nitrogens is 1. The van der Waals surface area contributed by atoms with Crippen molar-refractivity contribution in [2.24, 2.45) is 5.92 Å². The van der Waals surface area contributed by atoms with Gasteiger partial charge in [0, 0.05) is 43.2 Å². The van der Waals surface area contributed by atoms with Crippen LogP contribution in [0.1, 0.15) is 20.8 Å². The summed E-state index contributed by atoms with van der Waals surface area (Å²) < 4.78 is 27.2. The Morgan fingerprint density at radius 3 is 2.58 bits per heavy atom. The topological polar surface area (TPSA) is 103 Å². The van der Waals surface area contributed by atoms with Crippen LogP contribution in [-0.4, -0.2) is 66.5 Å². The number of amides is 1. The van der Waals surface area contributed by atoms with E-state index in [1.54, 1.807) is 61.1 Å². The van der Waals surface area contributed by atoms with Crippen LogP contribution in [0.5, 0.6) is 0 Å². The number of hydrogen-bond donors (Lipinski definition) is 1. The number of aromatic nitrogens is 2. The molecule has 1 amide bonds. The zero-order valence-electron chi connectivity index (χ0n) is 17.3. The van der Waals surface area contributed by atoms with Gasteiger partial charge in [0.05, 0.1) is 23.4 Å². The molecule has 0 aliphatic carbocycles. The standard InChI is InChI=1S/C21H22N4O4S2/c1-24(2)20(27)18-17(14-8-4-5-9-16(14)23-18)19(26)15-12-30-25(21(15)31(3,28)29)13-7-6-10-22-11-13/h4-11,15,21,23H,12H2,1-3H3. The highest BCUT2D eigenvalue weighted by Gasteiger charge is 2.47. The first-order valence-electron chi connectivity index (χ1n) is 9.57. The van der Waals surface area contributed by atoms with Gasteiger partial charge in [0.1, 0.15) is 5.69 Å². The highest BCUT2D eigenvalue weighted by molar-refractivity contribution is 8.02. The number of hydrogen-bond acceptors (Lipinski definition) is 7. The van der Waals surface area contributed by atoms with Gasteiger partial charge in [0.15, 0.2) is 21.0 Å². The van der Waals surface area contributed by atoms with Gasteiger partial charge >= 0.3 is 0 Å². The SMILES string of the molecule is CN(C)C(=O)c1[nH]c2ccccc2c1C(=O)C1CSN(c2cccnc2)C1S(C)(=O)=O. The minimum absolute atomic E-state index is 0.174. The van der Waals surface area contributed by atoms with Crippen LogP contribution in [0.2, 0.25) is 0 Å². The van der Waals surface area contributed by atoms with Gasteiger partial charge in [0.25, 0.3) is 5.91 Å². The van der Waals surface area contributed by atoms with E-state index in [9.17, 15) is 18.0 Å². The third-order valence-electron chi connectivity index (χ3n) is 5.22. The van der Waals surface area contributed by atoms with Gasteiger partial charge in [-0.3, -0.25) is 18.9 Å². The Labute approximate surface area is 184 Å². The van der Waals surface area contributed by atoms with Crippen molar-refractivity contribution in [3.05, 3.63) is 60.0 Å². The average molecular weight is 459 g/mol. The lowest BCUT2D eigenvalue weighted by Gasteiger charge is -2.26. The van der Waals surface area contributed by atoms with Gasteiger partial charge in [-0.15, -0.1) is 0 Å². The van der Waals surface area contributed by atoms with Crippen LogP contribution < -0.4 is 4.31 Å². The molecule has 0 radical (unpaired) electrons. The molecule has 31 heavy (non-hydrogen) atoms. The van der Waals surface area contributed by atoms with Crippen molar-refractivity contribution in [3.8, 4) is 0 Å². The van der Waals surface area contributed by atoms with Crippen molar-refractivity contribution in [1.29, 1.82) is 0 Å². The van der Waals surface area contributed by atoms with Crippen LogP contribution in [0.3, 0.4) is 0 Å². The molecule has 1 aromatic carbocycles. The largest absolute Gasteiger partial charge is 0.350 e. The number of rotatable bonds is 5. The number of nitrogens with zero attached hydrogens (tertiary/aromatic N) is 3. The van der Waals surface area contributed by atoms with E-state index < -0.39 is 21.1 Å². The lowest BCUT2D eigenvalue weighted by molar-refractivity contribution is 0.0812. The van der Waals surface area contributed by atoms with E-state index in [4.69, 9.17) is 0 Å². The first kappa shape index (κ1) is 21.4. The summed E-state index contributed by atoms with van der Waals surface area (Å²) in [6, 6.07) is 10.6. The van der Waals surface area contributed by atoms with E-state index in [2.05, 4.69) is 9.97 Å². The number of carbonyl (C=O) groups excluding carboxylic acids is 2. The molecule has 10 heteroatoms. The average Bonchev–Trinajstić information content (AvgIpc) is 3.35. The number of carbonyl (C=O) groups is 2. The number of para-hydroxylation sites is 1. The molecule has 0 bridgehead atoms. The number of sulfone groups is 1. The van der Waals surface area contributed by atoms with Crippen LogP contribution in [0.25, 0.3) is 10.9 Å². The van der Waals surface area contributed by atoms with E-state index >= 15 is 0 Å². The summed E-state index contributed by atoms with van der Waals surface area (Å²) in [5, 5.41) is -0.458. The monoisotopic (exact) mass is 458 g/mol. The summed E-state index contributed by atoms with van der Waals surface area (Å²) in [4.78, 5) is 35.1. The molecule has 1 fully saturated rings. The van der Waals surface area contributed by atoms with Crippen LogP contribution in [0.4, 0.5) is 5.69 Å². The molecular weight excluding hydrogens is 436 g/mol. The van der Waals surface area contributed by atoms with Crippen molar-refractivity contribution >= 4 is 50.1 Å². The first-order valence-corrected chi connectivity index (χ1v) is 12.5. The lowest BCUT2D eigenvalue weighted by atomic mass is 9.95. The second kappa shape index (κ2) is 8.01. The molecule has 162 valence electrons. The fourth-order valence-electron chi connectivity index (χ4n) is 3.83. The summed E-state index contributed by atoms with van der Waals surface area (Å²) in [5.74, 6) is -1.27. The quantitative estimate of drug-likeness (QED) is 0.463. The number of aromatic amines is 1. The van der Waals surface area contributed by atoms with Gasteiger partial charge in [0.2, 0.25) is 0 Å². The van der Waals surface area contributed by atoms with Crippen molar-refractivity contribution in [3.63, 3.8) is 0 Å². The Balaban J connectivity index is 1.83. The zero-order valence-corrected chi connectivity index (χ0v) is 18.9. The Bertz CT molecular complexity index is 1250. The molecule has 1 aliphatic heterocycles. The number of nitrogens with one attached hydrogen (secondary N) is 1. The van der Waals surface area contributed by atoms with Gasteiger partial charge in [-0.1, -0.05) is 18.2 Å². The Morgan fingerprint density at radius 2 is 1.94 bits per heavy atom. The van der Waals surface area contributed by atoms with Gasteiger partial charge in [-0.25, -0.2) is 8.42 Å². The number of anilines is 1. The van der Waals surface area contributed by atoms with Crippen LogP contribution >= 0.6 is 11.9 Å². The Hall–Kier alpha value is -2.85. The Morgan fingerprint density at radius 1 is 1.19 bits per heavy atom. The molecule has 2 unspecified atom stereocenters. The summed E-state index contributed by atoms with van der Waals surface area (Å²) in [7, 11) is -0.421. The van der Waals surface area contributed by atoms with Crippen molar-refractivity contribution < 1.29 is 18.0 Å². The van der Waals surface area contributed by atoms with Crippen molar-refractivity contribution in [1.82, 2.24) is 14.9 Å². The molecule has 4 rings (SSSR count). The van der Waals surface area contributed by atoms with Crippen LogP contribution in [0, 0.1) is 5.92 Å². The number of ketones is 1. The number of fused-ring (bicyclic) bond motifs is 1. The third kappa shape index (κ3) is 3.81. The van der Waals surface area contributed by atoms with E-state index in [0.717, 1.165) is 6.26 Å². The summed E-state index contributed by atoms with van der Waals surface area (Å²) >= 11 is 1.28. The second-order valence-electron chi connectivity index (χ2n) is 7.64. The van der Waals surface area contributed by atoms with Crippen LogP contribution in [0.15, 0.2) is 48.8 Å². The smallest absolute Gasteiger partial charge is 0.270 e. The highest BCUT2D eigenvalue weighted by atomic mass is 32.2. The Kier molecular flexibility index (Phi) is 5.52. The maximum atomic E-state index is 13.8. The fraction of sp³-hybridized carbons (Fsp3) is 0.286. The first-order chi connectivity index (χ1) is 14.7. The number of Topliss-reactive ketones (excluding diaryl/α,β-unsaturated/α-hetero) is 1. The number of benzene rings is 1. The predicted molar refractivity (Wildman–Crippen MR) is 122 cm³/mol. The molecule has 0 spiro atoms. The fourth-order valence-corrected chi connectivity index (χ4v) is 7.10. The maximum Gasteiger partial charge on any atom is 0.270 e. The van der Waals surface area contributed by atoms with Gasteiger partial charge in [-0.2, -0.15) is 0 Å². The molecule has 3 aromatic rings. The summed E-state index contributed by atoms with van der Waals surface area (Å²) in [6.45, 7) is 0. The summed E-state index contributed by atoms with van der Waals surface area (Å²) in [6.07, 6.45) is 4.31. The van der Waals surface area contributed by atoms with E-state index in [-0.39, 0.29) is 28.7 Å². The van der Waals surface area contributed by atoms with Gasteiger partial charge < -0.3 is 9.88 Å². The lowest BCUT2D eigenvalue weighted by Crippen LogP contribution is -2.41. The van der Waals surface area contributed by atoms with E-state index in [1.807, 2.05) is 6.07 Å². The molecule has 2 aromatic heterocycles. The van der Waals surface area contributed by atoms with Crippen molar-refractivity contribution in [2.45, 2.75) is 5.37 Å². The van der Waals surface area contributed by atoms with Crippen LogP contribution in [-0.2, 0) is 9.84 Å². The van der Waals surface area contributed by atoms with E-state index in [0.29, 0.717) is 16.6 Å². The zero-order chi connectivity index (χ0) is 22.3.